The monoisotopic (exact) mass is 759 g/mol. The van der Waals surface area contributed by atoms with Gasteiger partial charge in [-0.3, -0.25) is 29.0 Å². The van der Waals surface area contributed by atoms with Crippen molar-refractivity contribution < 1.29 is 69.2 Å². The molecule has 0 spiro atoms. The van der Waals surface area contributed by atoms with Crippen LogP contribution in [0.4, 0.5) is 52.2 Å². The van der Waals surface area contributed by atoms with Gasteiger partial charge in [-0.05, 0) is 12.1 Å². The Morgan fingerprint density at radius 3 is 1.79 bits per heavy atom. The van der Waals surface area contributed by atoms with E-state index >= 15 is 0 Å². The fraction of sp³-hybridized carbons (Fsp3) is 0.258. The number of benzene rings is 2. The number of nitrogens with one attached hydrogen (secondary N) is 2. The zero-order valence-electron chi connectivity index (χ0n) is 26.2. The molecule has 0 aliphatic carbocycles. The molecule has 0 atom stereocenters. The molecule has 2 aliphatic rings. The first kappa shape index (κ1) is 39.4. The van der Waals surface area contributed by atoms with Crippen molar-refractivity contribution >= 4 is 34.8 Å². The Hall–Kier alpha value is -6.39. The first-order valence-corrected chi connectivity index (χ1v) is 14.2. The van der Waals surface area contributed by atoms with Crippen LogP contribution >= 0.6 is 0 Å². The van der Waals surface area contributed by atoms with Crippen molar-refractivity contribution in [3.8, 4) is 41.9 Å². The van der Waals surface area contributed by atoms with E-state index in [1.165, 1.54) is 4.98 Å². The molecule has 0 bridgehead atoms. The molecule has 0 fully saturated rings. The number of fused-ring (bicyclic) bond motifs is 2. The van der Waals surface area contributed by atoms with Crippen LogP contribution in [0.5, 0.6) is 11.5 Å². The Morgan fingerprint density at radius 1 is 0.811 bits per heavy atom. The van der Waals surface area contributed by atoms with E-state index in [1.807, 2.05) is 0 Å². The fourth-order valence-corrected chi connectivity index (χ4v) is 4.62. The van der Waals surface area contributed by atoms with Gasteiger partial charge >= 0.3 is 18.0 Å². The summed E-state index contributed by atoms with van der Waals surface area (Å²) in [5.74, 6) is -4.76. The Labute approximate surface area is 290 Å². The number of hydrogen-bond acceptors (Lipinski definition) is 9. The standard InChI is InChI=1S/C16H9F4N3O4.C15H12F4N2O5/c1-2-3-22-10-5-9(8(17)4-11(10)27-7-14(22)25)23-13(24)6-12(16(18,19)20)21-15(23)26;1-2-3-21-10-5-9(8(16)4-11(10)26-7-13(21)23)20-12(22)6-14(24,25)15(17,18)19/h1,4-6H,3,7H2,(H,21,26);1,4-5,24-25H,3,6-7H2,(H,20,22). The molecule has 0 saturated carbocycles. The molecule has 22 heteroatoms. The van der Waals surface area contributed by atoms with Crippen molar-refractivity contribution in [3.05, 3.63) is 68.5 Å². The normalized spacial score (nSPS) is 14.0. The largest absolute Gasteiger partial charge is 0.481 e. The lowest BCUT2D eigenvalue weighted by Gasteiger charge is -2.28. The van der Waals surface area contributed by atoms with Crippen LogP contribution in [0, 0.1) is 36.3 Å². The first-order valence-electron chi connectivity index (χ1n) is 14.2. The number of carbonyl (C=O) groups excluding carboxylic acids is 3. The number of alkyl halides is 6. The minimum atomic E-state index is -5.48. The molecular weight excluding hydrogens is 738 g/mol. The molecule has 3 aromatic rings. The maximum atomic E-state index is 14.4. The van der Waals surface area contributed by atoms with Gasteiger partial charge in [0.2, 0.25) is 5.91 Å². The molecule has 3 amide bonds. The van der Waals surface area contributed by atoms with Gasteiger partial charge in [0.1, 0.15) is 17.2 Å². The number of anilines is 3. The minimum absolute atomic E-state index is 0.00554. The molecule has 2 aliphatic heterocycles. The number of aromatic amines is 1. The van der Waals surface area contributed by atoms with Gasteiger partial charge in [0.15, 0.2) is 24.8 Å². The van der Waals surface area contributed by atoms with Crippen LogP contribution in [0.3, 0.4) is 0 Å². The van der Waals surface area contributed by atoms with Crippen molar-refractivity contribution in [2.24, 2.45) is 0 Å². The van der Waals surface area contributed by atoms with E-state index < -0.39 is 88.8 Å². The molecule has 14 nitrogen and oxygen atoms in total. The lowest BCUT2D eigenvalue weighted by Crippen LogP contribution is -2.47. The van der Waals surface area contributed by atoms with Crippen LogP contribution < -0.4 is 35.8 Å². The van der Waals surface area contributed by atoms with Crippen LogP contribution in [-0.4, -0.2) is 75.8 Å². The maximum Gasteiger partial charge on any atom is 0.443 e. The van der Waals surface area contributed by atoms with Crippen LogP contribution in [-0.2, 0) is 20.6 Å². The van der Waals surface area contributed by atoms with Crippen LogP contribution in [0.1, 0.15) is 12.1 Å². The molecule has 280 valence electrons. The summed E-state index contributed by atoms with van der Waals surface area (Å²) >= 11 is 0. The van der Waals surface area contributed by atoms with E-state index in [-0.39, 0.29) is 53.2 Å². The summed E-state index contributed by atoms with van der Waals surface area (Å²) in [6.07, 6.45) is -1.89. The molecule has 53 heavy (non-hydrogen) atoms. The SMILES string of the molecule is C#CCN1C(=O)COc2cc(F)c(-n3c(=O)cc(C(F)(F)F)[nH]c3=O)cc21.C#CCN1C(=O)COc2cc(F)c(NC(=O)CC(O)(O)C(F)(F)F)cc21. The summed E-state index contributed by atoms with van der Waals surface area (Å²) < 4.78 is 114. The number of halogens is 8. The van der Waals surface area contributed by atoms with Gasteiger partial charge in [0.05, 0.1) is 42.3 Å². The number of H-pyrrole nitrogens is 1. The number of amides is 3. The van der Waals surface area contributed by atoms with Crippen molar-refractivity contribution in [3.63, 3.8) is 0 Å². The van der Waals surface area contributed by atoms with E-state index in [1.54, 1.807) is 5.32 Å². The van der Waals surface area contributed by atoms with Crippen molar-refractivity contribution in [1.82, 2.24) is 9.55 Å². The maximum absolute atomic E-state index is 14.4. The van der Waals surface area contributed by atoms with Crippen LogP contribution in [0.15, 0.2) is 39.9 Å². The third-order valence-electron chi connectivity index (χ3n) is 7.08. The van der Waals surface area contributed by atoms with E-state index in [0.717, 1.165) is 34.1 Å². The number of ether oxygens (including phenoxy) is 2. The van der Waals surface area contributed by atoms with Gasteiger partial charge in [0, 0.05) is 18.2 Å². The molecule has 2 aromatic carbocycles. The number of aromatic nitrogens is 2. The second kappa shape index (κ2) is 14.7. The highest BCUT2D eigenvalue weighted by atomic mass is 19.4. The molecule has 4 N–H and O–H groups in total. The number of aliphatic hydroxyl groups is 2. The number of terminal acetylenes is 2. The number of nitrogens with zero attached hydrogens (tertiary/aromatic N) is 3. The molecule has 1 aromatic heterocycles. The predicted molar refractivity (Wildman–Crippen MR) is 164 cm³/mol. The third-order valence-corrected chi connectivity index (χ3v) is 7.08. The number of carbonyl (C=O) groups is 3. The average Bonchev–Trinajstić information content (AvgIpc) is 3.04. The molecule has 0 saturated heterocycles. The van der Waals surface area contributed by atoms with Crippen molar-refractivity contribution in [2.75, 3.05) is 41.4 Å². The zero-order chi connectivity index (χ0) is 39.6. The number of hydrogen-bond donors (Lipinski definition) is 4. The van der Waals surface area contributed by atoms with E-state index in [2.05, 4.69) is 11.8 Å². The second-order valence-electron chi connectivity index (χ2n) is 10.7. The van der Waals surface area contributed by atoms with Crippen LogP contribution in [0.2, 0.25) is 0 Å². The highest BCUT2D eigenvalue weighted by Gasteiger charge is 2.54. The lowest BCUT2D eigenvalue weighted by atomic mass is 10.1. The summed E-state index contributed by atoms with van der Waals surface area (Å²) in [4.78, 5) is 63.0. The summed E-state index contributed by atoms with van der Waals surface area (Å²) in [6.45, 7) is -1.16. The van der Waals surface area contributed by atoms with Gasteiger partial charge in [0.25, 0.3) is 23.2 Å². The van der Waals surface area contributed by atoms with Crippen molar-refractivity contribution in [1.29, 1.82) is 0 Å². The summed E-state index contributed by atoms with van der Waals surface area (Å²) in [6, 6.07) is 3.63. The first-order chi connectivity index (χ1) is 24.6. The van der Waals surface area contributed by atoms with Gasteiger partial charge < -0.3 is 30.0 Å². The van der Waals surface area contributed by atoms with E-state index in [0.29, 0.717) is 0 Å². The van der Waals surface area contributed by atoms with Gasteiger partial charge in [-0.15, -0.1) is 12.8 Å². The molecule has 0 radical (unpaired) electrons. The molecule has 3 heterocycles. The highest BCUT2D eigenvalue weighted by Crippen LogP contribution is 2.38. The Bertz CT molecular complexity index is 2150. The molecule has 0 unspecified atom stereocenters. The van der Waals surface area contributed by atoms with Crippen LogP contribution in [0.25, 0.3) is 5.69 Å². The summed E-state index contributed by atoms with van der Waals surface area (Å²) in [7, 11) is 0. The van der Waals surface area contributed by atoms with Crippen molar-refractivity contribution in [2.45, 2.75) is 24.6 Å². The molecular formula is C31H21F8N5O9. The number of rotatable bonds is 6. The second-order valence-corrected chi connectivity index (χ2v) is 10.7. The Morgan fingerprint density at radius 2 is 1.32 bits per heavy atom. The van der Waals surface area contributed by atoms with Gasteiger partial charge in [-0.25, -0.2) is 18.1 Å². The van der Waals surface area contributed by atoms with E-state index in [9.17, 15) is 59.1 Å². The van der Waals surface area contributed by atoms with Gasteiger partial charge in [-0.1, -0.05) is 11.8 Å². The lowest BCUT2D eigenvalue weighted by molar-refractivity contribution is -0.347. The Balaban J connectivity index is 0.000000237. The fourth-order valence-electron chi connectivity index (χ4n) is 4.62. The van der Waals surface area contributed by atoms with Gasteiger partial charge in [-0.2, -0.15) is 26.3 Å². The third kappa shape index (κ3) is 8.40. The molecule has 5 rings (SSSR count). The predicted octanol–water partition coefficient (Wildman–Crippen LogP) is 1.80. The quantitative estimate of drug-likeness (QED) is 0.166. The van der Waals surface area contributed by atoms with E-state index in [4.69, 9.17) is 32.5 Å². The minimum Gasteiger partial charge on any atom is -0.481 e. The summed E-state index contributed by atoms with van der Waals surface area (Å²) in [5.41, 5.74) is -5.74. The Kier molecular flexibility index (Phi) is 10.9. The topological polar surface area (TPSA) is 184 Å². The smallest absolute Gasteiger partial charge is 0.443 e. The highest BCUT2D eigenvalue weighted by molar-refractivity contribution is 6.00. The summed E-state index contributed by atoms with van der Waals surface area (Å²) in [5, 5.41) is 19.6. The average molecular weight is 760 g/mol. The zero-order valence-corrected chi connectivity index (χ0v) is 26.2.